The van der Waals surface area contributed by atoms with Gasteiger partial charge < -0.3 is 5.32 Å². The fourth-order valence-corrected chi connectivity index (χ4v) is 1.03. The second-order valence-electron chi connectivity index (χ2n) is 3.52. The van der Waals surface area contributed by atoms with Crippen molar-refractivity contribution in [2.75, 3.05) is 0 Å². The number of carbonyl (C=O) groups excluding carboxylic acids is 2. The Bertz CT molecular complexity index is 422. The maximum atomic E-state index is 11.4. The summed E-state index contributed by atoms with van der Waals surface area (Å²) in [4.78, 5) is 26.6. The average molecular weight is 264 g/mol. The molecule has 0 aromatic carbocycles. The predicted octanol–water partition coefficient (Wildman–Crippen LogP) is 1.79. The maximum absolute atomic E-state index is 11.4. The highest BCUT2D eigenvalue weighted by atomic mass is 16.2. The van der Waals surface area contributed by atoms with Gasteiger partial charge in [-0.3, -0.25) is 20.4 Å². The van der Waals surface area contributed by atoms with E-state index in [9.17, 15) is 9.59 Å². The number of amides is 3. The van der Waals surface area contributed by atoms with Gasteiger partial charge in [-0.15, -0.1) is 0 Å². The molecule has 0 aliphatic carbocycles. The molecule has 0 bridgehead atoms. The molecule has 3 N–H and O–H groups in total. The number of allylic oxidation sites excluding steroid dienone is 2. The monoisotopic (exact) mass is 264 g/mol. The lowest BCUT2D eigenvalue weighted by atomic mass is 10.4. The van der Waals surface area contributed by atoms with Crippen molar-refractivity contribution in [1.29, 1.82) is 0 Å². The number of hydrogen-bond donors (Lipinski definition) is 3. The van der Waals surface area contributed by atoms with Crippen molar-refractivity contribution in [3.8, 4) is 0 Å². The Hall–Kier alpha value is -2.37. The van der Waals surface area contributed by atoms with E-state index in [4.69, 9.17) is 0 Å². The quantitative estimate of drug-likeness (QED) is 0.640. The highest BCUT2D eigenvalue weighted by Gasteiger charge is 2.06. The van der Waals surface area contributed by atoms with Gasteiger partial charge in [0, 0.05) is 12.1 Å². The smallest absolute Gasteiger partial charge is 0.327 e. The lowest BCUT2D eigenvalue weighted by Crippen LogP contribution is -2.40. The lowest BCUT2D eigenvalue weighted by molar-refractivity contribution is -0.119. The molecule has 0 aliphatic rings. The van der Waals surface area contributed by atoms with Crippen LogP contribution in [0.1, 0.15) is 27.2 Å². The number of imide groups is 1. The summed E-state index contributed by atoms with van der Waals surface area (Å²) in [5.41, 5.74) is 0.776. The van der Waals surface area contributed by atoms with Crippen molar-refractivity contribution < 1.29 is 9.59 Å². The third kappa shape index (κ3) is 8.37. The van der Waals surface area contributed by atoms with Crippen LogP contribution in [-0.4, -0.2) is 17.6 Å². The van der Waals surface area contributed by atoms with E-state index in [-0.39, 0.29) is 12.3 Å². The standard InChI is InChI=1S/C13H20N4O2/c1-5-8-10(4)15-9-11(14-7-3)16-13(19)17-12(18)6-2/h5,7-9,14H,3,6H2,1-2,4H3,(H2,16,17,18,19)/b8-5-,11-9+,15-10+. The molecule has 0 heterocycles. The van der Waals surface area contributed by atoms with Crippen molar-refractivity contribution in [1.82, 2.24) is 16.0 Å². The lowest BCUT2D eigenvalue weighted by Gasteiger charge is -2.08. The average Bonchev–Trinajstić information content (AvgIpc) is 2.36. The summed E-state index contributed by atoms with van der Waals surface area (Å²) in [7, 11) is 0. The number of hydrogen-bond acceptors (Lipinski definition) is 4. The van der Waals surface area contributed by atoms with Gasteiger partial charge in [0.2, 0.25) is 5.91 Å². The first-order chi connectivity index (χ1) is 9.03. The number of carbonyl (C=O) groups is 2. The van der Waals surface area contributed by atoms with E-state index >= 15 is 0 Å². The molecule has 3 amide bonds. The van der Waals surface area contributed by atoms with Gasteiger partial charge in [-0.25, -0.2) is 4.79 Å². The summed E-state index contributed by atoms with van der Waals surface area (Å²) in [6.45, 7) is 8.86. The summed E-state index contributed by atoms with van der Waals surface area (Å²) < 4.78 is 0. The highest BCUT2D eigenvalue weighted by molar-refractivity contribution is 5.95. The molecule has 0 radical (unpaired) electrons. The third-order valence-electron chi connectivity index (χ3n) is 1.88. The molecule has 0 aromatic heterocycles. The maximum Gasteiger partial charge on any atom is 0.327 e. The molecule has 19 heavy (non-hydrogen) atoms. The zero-order valence-corrected chi connectivity index (χ0v) is 11.5. The molecule has 0 saturated heterocycles. The number of nitrogens with one attached hydrogen (secondary N) is 3. The third-order valence-corrected chi connectivity index (χ3v) is 1.88. The predicted molar refractivity (Wildman–Crippen MR) is 76.3 cm³/mol. The van der Waals surface area contributed by atoms with E-state index in [2.05, 4.69) is 27.5 Å². The molecular weight excluding hydrogens is 244 g/mol. The summed E-state index contributed by atoms with van der Waals surface area (Å²) in [5.74, 6) is -0.0377. The minimum absolute atomic E-state index is 0.236. The zero-order valence-electron chi connectivity index (χ0n) is 11.5. The van der Waals surface area contributed by atoms with Gasteiger partial charge in [0.1, 0.15) is 5.82 Å². The molecule has 6 nitrogen and oxygen atoms in total. The number of rotatable bonds is 6. The van der Waals surface area contributed by atoms with Gasteiger partial charge in [-0.1, -0.05) is 19.6 Å². The zero-order chi connectivity index (χ0) is 14.7. The first-order valence-electron chi connectivity index (χ1n) is 5.89. The van der Waals surface area contributed by atoms with Crippen LogP contribution in [0.2, 0.25) is 0 Å². The molecule has 0 aromatic rings. The van der Waals surface area contributed by atoms with Crippen molar-refractivity contribution in [3.63, 3.8) is 0 Å². The van der Waals surface area contributed by atoms with Crippen molar-refractivity contribution in [2.24, 2.45) is 4.99 Å². The Kier molecular flexibility index (Phi) is 8.44. The topological polar surface area (TPSA) is 82.6 Å². The van der Waals surface area contributed by atoms with Crippen molar-refractivity contribution >= 4 is 17.6 Å². The molecule has 0 spiro atoms. The molecule has 0 saturated carbocycles. The molecule has 6 heteroatoms. The number of nitrogens with zero attached hydrogens (tertiary/aromatic N) is 1. The van der Waals surface area contributed by atoms with Crippen molar-refractivity contribution in [2.45, 2.75) is 27.2 Å². The summed E-state index contributed by atoms with van der Waals surface area (Å²) in [6.07, 6.45) is 6.75. The molecule has 104 valence electrons. The van der Waals surface area contributed by atoms with Crippen LogP contribution in [-0.2, 0) is 4.79 Å². The van der Waals surface area contributed by atoms with E-state index < -0.39 is 6.03 Å². The number of aliphatic imine (C=N–C) groups is 1. The molecule has 0 unspecified atom stereocenters. The first-order valence-corrected chi connectivity index (χ1v) is 5.89. The minimum atomic E-state index is -0.619. The van der Waals surface area contributed by atoms with Gasteiger partial charge in [0.05, 0.1) is 6.20 Å². The second-order valence-corrected chi connectivity index (χ2v) is 3.52. The van der Waals surface area contributed by atoms with Crippen molar-refractivity contribution in [3.05, 3.63) is 37.0 Å². The molecule has 0 fully saturated rings. The Balaban J connectivity index is 4.69. The van der Waals surface area contributed by atoms with E-state index in [1.165, 1.54) is 12.4 Å². The van der Waals surface area contributed by atoms with Gasteiger partial charge in [0.25, 0.3) is 0 Å². The van der Waals surface area contributed by atoms with Gasteiger partial charge in [-0.2, -0.15) is 0 Å². The van der Waals surface area contributed by atoms with Gasteiger partial charge >= 0.3 is 6.03 Å². The van der Waals surface area contributed by atoms with Gasteiger partial charge in [-0.05, 0) is 26.1 Å². The Labute approximate surface area is 113 Å². The summed E-state index contributed by atoms with van der Waals surface area (Å²) in [6, 6.07) is -0.619. The Morgan fingerprint density at radius 2 is 2.00 bits per heavy atom. The van der Waals surface area contributed by atoms with Crippen LogP contribution in [0.3, 0.4) is 0 Å². The van der Waals surface area contributed by atoms with Crippen LogP contribution in [0.5, 0.6) is 0 Å². The van der Waals surface area contributed by atoms with Crippen LogP contribution in [0.15, 0.2) is 41.9 Å². The van der Waals surface area contributed by atoms with Crippen LogP contribution in [0.4, 0.5) is 4.79 Å². The molecule has 0 atom stereocenters. The first kappa shape index (κ1) is 16.6. The fraction of sp³-hybridized carbons (Fsp3) is 0.308. The largest absolute Gasteiger partial charge is 0.347 e. The molecule has 0 aliphatic heterocycles. The Morgan fingerprint density at radius 1 is 1.32 bits per heavy atom. The molecular formula is C13H20N4O2. The van der Waals surface area contributed by atoms with E-state index in [0.29, 0.717) is 5.82 Å². The minimum Gasteiger partial charge on any atom is -0.347 e. The van der Waals surface area contributed by atoms with Crippen LogP contribution >= 0.6 is 0 Å². The van der Waals surface area contributed by atoms with Crippen LogP contribution in [0, 0.1) is 0 Å². The number of urea groups is 1. The fourth-order valence-electron chi connectivity index (χ4n) is 1.03. The molecule has 0 rings (SSSR count). The summed E-state index contributed by atoms with van der Waals surface area (Å²) >= 11 is 0. The SMILES string of the molecule is C=CN\C(=C/N=C(C)/C=C\C)NC(=O)NC(=O)CC. The van der Waals surface area contributed by atoms with E-state index in [1.807, 2.05) is 26.0 Å². The van der Waals surface area contributed by atoms with Crippen LogP contribution < -0.4 is 16.0 Å². The summed E-state index contributed by atoms with van der Waals surface area (Å²) in [5, 5.41) is 7.33. The normalized spacial score (nSPS) is 12.2. The van der Waals surface area contributed by atoms with E-state index in [0.717, 1.165) is 5.71 Å². The van der Waals surface area contributed by atoms with Crippen LogP contribution in [0.25, 0.3) is 0 Å². The highest BCUT2D eigenvalue weighted by Crippen LogP contribution is 1.89. The van der Waals surface area contributed by atoms with E-state index in [1.54, 1.807) is 6.92 Å². The second kappa shape index (κ2) is 9.64. The van der Waals surface area contributed by atoms with Gasteiger partial charge in [0.15, 0.2) is 0 Å². The Morgan fingerprint density at radius 3 is 2.53 bits per heavy atom.